The Bertz CT molecular complexity index is 1310. The summed E-state index contributed by atoms with van der Waals surface area (Å²) in [5.74, 6) is 2.21. The smallest absolute Gasteiger partial charge is 0.323 e. The molecule has 1 aliphatic rings. The number of imidazole rings is 1. The van der Waals surface area contributed by atoms with Gasteiger partial charge in [-0.15, -0.1) is 0 Å². The molecule has 4 aromatic heterocycles. The molecule has 4 N–H and O–H groups in total. The zero-order valence-corrected chi connectivity index (χ0v) is 14.9. The normalized spacial score (nSPS) is 14.5. The zero-order chi connectivity index (χ0) is 19.1. The van der Waals surface area contributed by atoms with E-state index in [-0.39, 0.29) is 5.69 Å². The highest BCUT2D eigenvalue weighted by Crippen LogP contribution is 2.27. The molecule has 28 heavy (non-hydrogen) atoms. The molecular formula is C19H18N8O. The monoisotopic (exact) mass is 374 g/mol. The summed E-state index contributed by atoms with van der Waals surface area (Å²) in [5.41, 5.74) is 1.13. The van der Waals surface area contributed by atoms with Crippen molar-refractivity contribution in [1.82, 2.24) is 29.5 Å². The van der Waals surface area contributed by atoms with Gasteiger partial charge in [-0.3, -0.25) is 0 Å². The van der Waals surface area contributed by atoms with Crippen molar-refractivity contribution in [2.24, 2.45) is 0 Å². The van der Waals surface area contributed by atoms with E-state index in [1.807, 2.05) is 24.3 Å². The Morgan fingerprint density at radius 1 is 1.25 bits per heavy atom. The van der Waals surface area contributed by atoms with Gasteiger partial charge in [0.05, 0.1) is 16.9 Å². The van der Waals surface area contributed by atoms with Crippen molar-refractivity contribution < 1.29 is 0 Å². The van der Waals surface area contributed by atoms with Crippen LogP contribution in [-0.2, 0) is 0 Å². The first-order chi connectivity index (χ1) is 13.7. The summed E-state index contributed by atoms with van der Waals surface area (Å²) in [4.78, 5) is 25.9. The quantitative estimate of drug-likeness (QED) is 0.409. The van der Waals surface area contributed by atoms with Crippen LogP contribution in [0, 0.1) is 0 Å². The molecule has 0 unspecified atom stereocenters. The molecule has 9 heteroatoms. The third kappa shape index (κ3) is 3.13. The van der Waals surface area contributed by atoms with Crippen LogP contribution < -0.4 is 27.0 Å². The van der Waals surface area contributed by atoms with E-state index in [0.717, 1.165) is 24.2 Å². The lowest BCUT2D eigenvalue weighted by Gasteiger charge is -2.11. The van der Waals surface area contributed by atoms with Crippen LogP contribution in [-0.4, -0.2) is 35.6 Å². The maximum atomic E-state index is 11.5. The van der Waals surface area contributed by atoms with Crippen LogP contribution in [0.5, 0.6) is 0 Å². The molecule has 0 bridgehead atoms. The average Bonchev–Trinajstić information content (AvgIpc) is 3.32. The van der Waals surface area contributed by atoms with Crippen LogP contribution in [0.3, 0.4) is 0 Å². The third-order valence-corrected chi connectivity index (χ3v) is 4.49. The molecule has 0 aliphatic heterocycles. The highest BCUT2D eigenvalue weighted by atomic mass is 16.1. The third-order valence-electron chi connectivity index (χ3n) is 4.49. The molecule has 140 valence electrons. The molecular weight excluding hydrogens is 356 g/mol. The fraction of sp³-hybridized carbons (Fsp3) is 0.158. The Morgan fingerprint density at radius 3 is 2.86 bits per heavy atom. The van der Waals surface area contributed by atoms with E-state index >= 15 is 0 Å². The fourth-order valence-corrected chi connectivity index (χ4v) is 2.97. The largest absolute Gasteiger partial charge is 0.367 e. The SMILES string of the molecule is C=c1[nH]c(=O)[nH]/c1=C\c1cnn2c(NC3CC3)cc(Nc3ccccn3)nc12. The molecule has 0 radical (unpaired) electrons. The molecule has 1 aliphatic carbocycles. The van der Waals surface area contributed by atoms with Crippen LogP contribution in [0.1, 0.15) is 18.4 Å². The van der Waals surface area contributed by atoms with E-state index < -0.39 is 0 Å². The first kappa shape index (κ1) is 16.3. The zero-order valence-electron chi connectivity index (χ0n) is 14.9. The molecule has 9 nitrogen and oxygen atoms in total. The maximum absolute atomic E-state index is 11.5. The summed E-state index contributed by atoms with van der Waals surface area (Å²) < 4.78 is 1.77. The molecule has 4 aromatic rings. The number of hydrogen-bond donors (Lipinski definition) is 4. The van der Waals surface area contributed by atoms with E-state index in [4.69, 9.17) is 4.98 Å². The van der Waals surface area contributed by atoms with Gasteiger partial charge < -0.3 is 20.6 Å². The first-order valence-corrected chi connectivity index (χ1v) is 8.98. The lowest BCUT2D eigenvalue weighted by molar-refractivity contribution is 0.925. The van der Waals surface area contributed by atoms with Crippen molar-refractivity contribution >= 4 is 35.8 Å². The second kappa shape index (κ2) is 6.38. The van der Waals surface area contributed by atoms with Crippen molar-refractivity contribution in [3.63, 3.8) is 0 Å². The summed E-state index contributed by atoms with van der Waals surface area (Å²) in [6, 6.07) is 8.02. The Kier molecular flexibility index (Phi) is 3.71. The average molecular weight is 374 g/mol. The number of anilines is 3. The van der Waals surface area contributed by atoms with Gasteiger partial charge in [-0.1, -0.05) is 12.6 Å². The minimum absolute atomic E-state index is 0.297. The topological polar surface area (TPSA) is 116 Å². The number of aromatic nitrogens is 6. The van der Waals surface area contributed by atoms with Crippen LogP contribution in [0.25, 0.3) is 18.3 Å². The van der Waals surface area contributed by atoms with Gasteiger partial charge >= 0.3 is 5.69 Å². The van der Waals surface area contributed by atoms with E-state index in [1.54, 1.807) is 23.0 Å². The summed E-state index contributed by atoms with van der Waals surface area (Å²) in [6.07, 6.45) is 7.53. The molecule has 5 rings (SSSR count). The van der Waals surface area contributed by atoms with Crippen LogP contribution in [0.2, 0.25) is 0 Å². The summed E-state index contributed by atoms with van der Waals surface area (Å²) >= 11 is 0. The first-order valence-electron chi connectivity index (χ1n) is 8.98. The molecule has 0 aromatic carbocycles. The van der Waals surface area contributed by atoms with Crippen molar-refractivity contribution in [2.45, 2.75) is 18.9 Å². The van der Waals surface area contributed by atoms with Crippen molar-refractivity contribution in [3.05, 3.63) is 63.4 Å². The predicted molar refractivity (Wildman–Crippen MR) is 107 cm³/mol. The molecule has 4 heterocycles. The van der Waals surface area contributed by atoms with E-state index in [9.17, 15) is 4.79 Å². The minimum atomic E-state index is -0.297. The van der Waals surface area contributed by atoms with Gasteiger partial charge in [0, 0.05) is 23.9 Å². The summed E-state index contributed by atoms with van der Waals surface area (Å²) in [6.45, 7) is 3.84. The van der Waals surface area contributed by atoms with Gasteiger partial charge in [-0.2, -0.15) is 9.61 Å². The van der Waals surface area contributed by atoms with E-state index in [2.05, 4.69) is 37.3 Å². The van der Waals surface area contributed by atoms with Gasteiger partial charge in [0.25, 0.3) is 0 Å². The van der Waals surface area contributed by atoms with Gasteiger partial charge in [-0.05, 0) is 31.1 Å². The lowest BCUT2D eigenvalue weighted by Crippen LogP contribution is -2.22. The Hall–Kier alpha value is -3.88. The number of aromatic amines is 2. The van der Waals surface area contributed by atoms with Gasteiger partial charge in [0.1, 0.15) is 17.5 Å². The second-order valence-electron chi connectivity index (χ2n) is 6.74. The molecule has 0 saturated heterocycles. The molecule has 1 saturated carbocycles. The van der Waals surface area contributed by atoms with E-state index in [1.165, 1.54) is 0 Å². The molecule has 0 spiro atoms. The number of hydrogen-bond acceptors (Lipinski definition) is 6. The molecule has 1 fully saturated rings. The highest BCUT2D eigenvalue weighted by molar-refractivity contribution is 5.70. The Morgan fingerprint density at radius 2 is 2.14 bits per heavy atom. The number of pyridine rings is 1. The Balaban J connectivity index is 1.65. The fourth-order valence-electron chi connectivity index (χ4n) is 2.97. The van der Waals surface area contributed by atoms with Crippen molar-refractivity contribution in [2.75, 3.05) is 10.6 Å². The number of H-pyrrole nitrogens is 2. The summed E-state index contributed by atoms with van der Waals surface area (Å²) in [5, 5.41) is 12.3. The van der Waals surface area contributed by atoms with E-state index in [0.29, 0.717) is 34.0 Å². The van der Waals surface area contributed by atoms with Crippen LogP contribution in [0.15, 0.2) is 41.5 Å². The minimum Gasteiger partial charge on any atom is -0.367 e. The van der Waals surface area contributed by atoms with Crippen LogP contribution in [0.4, 0.5) is 17.5 Å². The number of nitrogens with one attached hydrogen (secondary N) is 4. The van der Waals surface area contributed by atoms with Crippen molar-refractivity contribution in [3.8, 4) is 0 Å². The lowest BCUT2D eigenvalue weighted by atomic mass is 10.3. The maximum Gasteiger partial charge on any atom is 0.323 e. The number of rotatable bonds is 5. The molecule has 0 amide bonds. The number of nitrogens with zero attached hydrogens (tertiary/aromatic N) is 4. The summed E-state index contributed by atoms with van der Waals surface area (Å²) in [7, 11) is 0. The highest BCUT2D eigenvalue weighted by Gasteiger charge is 2.23. The second-order valence-corrected chi connectivity index (χ2v) is 6.74. The van der Waals surface area contributed by atoms with Gasteiger partial charge in [0.15, 0.2) is 5.65 Å². The Labute approximate surface area is 158 Å². The van der Waals surface area contributed by atoms with Crippen LogP contribution >= 0.6 is 0 Å². The molecule has 0 atom stereocenters. The van der Waals surface area contributed by atoms with Gasteiger partial charge in [0.2, 0.25) is 0 Å². The standard InChI is InChI=1S/C19H18N8O/c1-11-14(24-19(28)22-11)8-12-10-21-27-17(23-13-5-6-13)9-16(26-18(12)27)25-15-4-2-3-7-20-15/h2-4,7-10,13,23H,1,5-6H2,(H,20,25,26)(H2,22,24,28)/b14-8-. The van der Waals surface area contributed by atoms with Gasteiger partial charge in [-0.25, -0.2) is 14.8 Å². The van der Waals surface area contributed by atoms with Crippen molar-refractivity contribution in [1.29, 1.82) is 0 Å². The predicted octanol–water partition coefficient (Wildman–Crippen LogP) is 0.698. The number of fused-ring (bicyclic) bond motifs is 1.